The van der Waals surface area contributed by atoms with E-state index in [0.29, 0.717) is 0 Å². The van der Waals surface area contributed by atoms with Crippen molar-refractivity contribution >= 4 is 0 Å². The maximum Gasteiger partial charge on any atom is 0.111 e. The number of ether oxygens (including phenoxy) is 2. The van der Waals surface area contributed by atoms with Crippen LogP contribution in [0.15, 0.2) is 11.8 Å². The highest BCUT2D eigenvalue weighted by Crippen LogP contribution is 2.18. The van der Waals surface area contributed by atoms with Crippen LogP contribution >= 0.6 is 0 Å². The van der Waals surface area contributed by atoms with E-state index < -0.39 is 0 Å². The highest BCUT2D eigenvalue weighted by molar-refractivity contribution is 5.08. The molecule has 0 radical (unpaired) electrons. The van der Waals surface area contributed by atoms with Gasteiger partial charge in [0.25, 0.3) is 0 Å². The quantitative estimate of drug-likeness (QED) is 0.800. The molecule has 2 aliphatic rings. The summed E-state index contributed by atoms with van der Waals surface area (Å²) in [4.78, 5) is 2.43. The predicted octanol–water partition coefficient (Wildman–Crippen LogP) is 1.12. The summed E-state index contributed by atoms with van der Waals surface area (Å²) in [6.07, 6.45) is 5.56. The molecule has 0 bridgehead atoms. The third-order valence-electron chi connectivity index (χ3n) is 3.41. The second kappa shape index (κ2) is 6.38. The Bertz CT molecular complexity index is 266. The van der Waals surface area contributed by atoms with Crippen LogP contribution in [0.1, 0.15) is 26.2 Å². The van der Waals surface area contributed by atoms with Gasteiger partial charge in [-0.15, -0.1) is 0 Å². The van der Waals surface area contributed by atoms with E-state index in [1.54, 1.807) is 0 Å². The molecule has 0 aromatic rings. The van der Waals surface area contributed by atoms with Gasteiger partial charge in [0.15, 0.2) is 0 Å². The number of morpholine rings is 1. The molecular weight excluding hydrogens is 216 g/mol. The summed E-state index contributed by atoms with van der Waals surface area (Å²) in [6.45, 7) is 6.87. The molecule has 4 heteroatoms. The third kappa shape index (κ3) is 3.44. The molecule has 2 rings (SSSR count). The van der Waals surface area contributed by atoms with E-state index in [0.717, 1.165) is 51.4 Å². The molecule has 2 atom stereocenters. The van der Waals surface area contributed by atoms with Crippen LogP contribution in [0.2, 0.25) is 0 Å². The summed E-state index contributed by atoms with van der Waals surface area (Å²) in [5.74, 6) is 0.930. The highest BCUT2D eigenvalue weighted by atomic mass is 16.5. The third-order valence-corrected chi connectivity index (χ3v) is 3.41. The topological polar surface area (TPSA) is 47.7 Å². The Kier molecular flexibility index (Phi) is 4.83. The minimum atomic E-state index is -0.102. The zero-order chi connectivity index (χ0) is 12.1. The number of hydrogen-bond donors (Lipinski definition) is 1. The van der Waals surface area contributed by atoms with Gasteiger partial charge in [-0.2, -0.15) is 0 Å². The first-order valence-corrected chi connectivity index (χ1v) is 6.73. The number of nitrogens with two attached hydrogens (primary N) is 1. The second-order valence-corrected chi connectivity index (χ2v) is 4.83. The minimum absolute atomic E-state index is 0.0830. The van der Waals surface area contributed by atoms with Crippen molar-refractivity contribution < 1.29 is 9.47 Å². The van der Waals surface area contributed by atoms with Crippen LogP contribution in [0, 0.1) is 0 Å². The Labute approximate surface area is 104 Å². The molecule has 4 nitrogen and oxygen atoms in total. The molecule has 0 aromatic carbocycles. The van der Waals surface area contributed by atoms with Gasteiger partial charge >= 0.3 is 0 Å². The Morgan fingerprint density at radius 1 is 1.53 bits per heavy atom. The van der Waals surface area contributed by atoms with Gasteiger partial charge in [0.2, 0.25) is 0 Å². The summed E-state index contributed by atoms with van der Waals surface area (Å²) >= 11 is 0. The lowest BCUT2D eigenvalue weighted by Gasteiger charge is -2.36. The van der Waals surface area contributed by atoms with Gasteiger partial charge < -0.3 is 15.2 Å². The molecule has 17 heavy (non-hydrogen) atoms. The summed E-state index contributed by atoms with van der Waals surface area (Å²) in [5.41, 5.74) is 6.24. The van der Waals surface area contributed by atoms with E-state index >= 15 is 0 Å². The Balaban J connectivity index is 1.89. The standard InChI is InChI=1S/C13H24N2O2/c1-2-6-15-7-9-17-12(10-15)13(14)11-5-3-4-8-16-11/h5,12-13H,2-4,6-10,14H2,1H3. The van der Waals surface area contributed by atoms with Crippen molar-refractivity contribution in [2.75, 3.05) is 32.8 Å². The lowest BCUT2D eigenvalue weighted by molar-refractivity contribution is -0.0433. The summed E-state index contributed by atoms with van der Waals surface area (Å²) in [7, 11) is 0. The van der Waals surface area contributed by atoms with Crippen LogP contribution < -0.4 is 5.73 Å². The second-order valence-electron chi connectivity index (χ2n) is 4.83. The van der Waals surface area contributed by atoms with Gasteiger partial charge in [-0.05, 0) is 31.9 Å². The van der Waals surface area contributed by atoms with E-state index in [-0.39, 0.29) is 12.1 Å². The number of rotatable bonds is 4. The van der Waals surface area contributed by atoms with Crippen LogP contribution in [0.3, 0.4) is 0 Å². The normalized spacial score (nSPS) is 28.4. The Morgan fingerprint density at radius 2 is 2.41 bits per heavy atom. The van der Waals surface area contributed by atoms with Gasteiger partial charge in [-0.1, -0.05) is 6.92 Å². The zero-order valence-electron chi connectivity index (χ0n) is 10.7. The van der Waals surface area contributed by atoms with E-state index in [1.807, 2.05) is 0 Å². The van der Waals surface area contributed by atoms with Gasteiger partial charge in [0, 0.05) is 13.1 Å². The molecule has 0 aromatic heterocycles. The Hall–Kier alpha value is -0.580. The van der Waals surface area contributed by atoms with Crippen molar-refractivity contribution in [2.24, 2.45) is 5.73 Å². The average molecular weight is 240 g/mol. The van der Waals surface area contributed by atoms with Crippen molar-refractivity contribution in [3.05, 3.63) is 11.8 Å². The average Bonchev–Trinajstić information content (AvgIpc) is 2.40. The monoisotopic (exact) mass is 240 g/mol. The van der Waals surface area contributed by atoms with Crippen LogP contribution in [-0.4, -0.2) is 49.9 Å². The minimum Gasteiger partial charge on any atom is -0.496 e. The summed E-state index contributed by atoms with van der Waals surface area (Å²) in [6, 6.07) is -0.102. The zero-order valence-corrected chi connectivity index (χ0v) is 10.7. The molecule has 2 unspecified atom stereocenters. The highest BCUT2D eigenvalue weighted by Gasteiger charge is 2.29. The van der Waals surface area contributed by atoms with E-state index in [1.165, 1.54) is 6.42 Å². The van der Waals surface area contributed by atoms with Crippen molar-refractivity contribution in [1.82, 2.24) is 4.90 Å². The van der Waals surface area contributed by atoms with E-state index in [4.69, 9.17) is 15.2 Å². The van der Waals surface area contributed by atoms with Crippen molar-refractivity contribution in [3.8, 4) is 0 Å². The van der Waals surface area contributed by atoms with Crippen molar-refractivity contribution in [2.45, 2.75) is 38.3 Å². The summed E-state index contributed by atoms with van der Waals surface area (Å²) in [5, 5.41) is 0. The van der Waals surface area contributed by atoms with Crippen LogP contribution in [0.4, 0.5) is 0 Å². The molecule has 98 valence electrons. The first-order valence-electron chi connectivity index (χ1n) is 6.73. The maximum absolute atomic E-state index is 6.24. The molecule has 1 saturated heterocycles. The smallest absolute Gasteiger partial charge is 0.111 e. The molecule has 0 aliphatic carbocycles. The fraction of sp³-hybridized carbons (Fsp3) is 0.846. The van der Waals surface area contributed by atoms with Crippen LogP contribution in [-0.2, 0) is 9.47 Å². The maximum atomic E-state index is 6.24. The molecule has 2 heterocycles. The van der Waals surface area contributed by atoms with Gasteiger partial charge in [-0.25, -0.2) is 0 Å². The van der Waals surface area contributed by atoms with E-state index in [2.05, 4.69) is 17.9 Å². The number of allylic oxidation sites excluding steroid dienone is 1. The van der Waals surface area contributed by atoms with Gasteiger partial charge in [-0.3, -0.25) is 4.90 Å². The van der Waals surface area contributed by atoms with Crippen LogP contribution in [0.25, 0.3) is 0 Å². The molecule has 2 N–H and O–H groups in total. The number of nitrogens with zero attached hydrogens (tertiary/aromatic N) is 1. The van der Waals surface area contributed by atoms with E-state index in [9.17, 15) is 0 Å². The molecular formula is C13H24N2O2. The lowest BCUT2D eigenvalue weighted by Crippen LogP contribution is -2.51. The van der Waals surface area contributed by atoms with Crippen LogP contribution in [0.5, 0.6) is 0 Å². The van der Waals surface area contributed by atoms with Crippen molar-refractivity contribution in [1.29, 1.82) is 0 Å². The largest absolute Gasteiger partial charge is 0.496 e. The lowest BCUT2D eigenvalue weighted by atomic mass is 10.1. The van der Waals surface area contributed by atoms with Gasteiger partial charge in [0.1, 0.15) is 5.76 Å². The first-order chi connectivity index (χ1) is 8.31. The SMILES string of the molecule is CCCN1CCOC(C(N)C2=CCCCO2)C1. The molecule has 1 fully saturated rings. The Morgan fingerprint density at radius 3 is 3.12 bits per heavy atom. The molecule has 0 saturated carbocycles. The van der Waals surface area contributed by atoms with Crippen molar-refractivity contribution in [3.63, 3.8) is 0 Å². The van der Waals surface area contributed by atoms with Gasteiger partial charge in [0.05, 0.1) is 25.4 Å². The molecule has 0 spiro atoms. The molecule has 0 amide bonds. The predicted molar refractivity (Wildman–Crippen MR) is 67.7 cm³/mol. The fourth-order valence-electron chi connectivity index (χ4n) is 2.46. The summed E-state index contributed by atoms with van der Waals surface area (Å²) < 4.78 is 11.4. The number of hydrogen-bond acceptors (Lipinski definition) is 4. The first kappa shape index (κ1) is 12.9. The fourth-order valence-corrected chi connectivity index (χ4v) is 2.46. The molecule has 2 aliphatic heterocycles.